The number of benzene rings is 1. The van der Waals surface area contributed by atoms with Gasteiger partial charge in [0.25, 0.3) is 0 Å². The van der Waals surface area contributed by atoms with Gasteiger partial charge in [0.2, 0.25) is 5.78 Å². The Morgan fingerprint density at radius 1 is 1.24 bits per heavy atom. The first-order valence-corrected chi connectivity index (χ1v) is 5.57. The quantitative estimate of drug-likeness (QED) is 0.740. The Hall–Kier alpha value is -1.87. The number of hydrogen-bond donors (Lipinski definition) is 0. The molecule has 0 amide bonds. The third-order valence-corrected chi connectivity index (χ3v) is 2.44. The van der Waals surface area contributed by atoms with E-state index in [0.29, 0.717) is 12.4 Å². The lowest BCUT2D eigenvalue weighted by molar-refractivity contribution is 0.0428. The molecule has 3 nitrogen and oxygen atoms in total. The molecular weight excluding hydrogens is 216 g/mol. The summed E-state index contributed by atoms with van der Waals surface area (Å²) in [6.07, 6.45) is 0.897. The molecule has 0 N–H and O–H groups in total. The van der Waals surface area contributed by atoms with Gasteiger partial charge in [-0.25, -0.2) is 0 Å². The van der Waals surface area contributed by atoms with E-state index in [0.717, 1.165) is 5.56 Å². The van der Waals surface area contributed by atoms with Gasteiger partial charge in [-0.05, 0) is 24.6 Å². The van der Waals surface area contributed by atoms with Crippen LogP contribution in [0.1, 0.15) is 29.1 Å². The van der Waals surface area contributed by atoms with Crippen LogP contribution in [0.4, 0.5) is 0 Å². The monoisotopic (exact) mass is 230 g/mol. The zero-order valence-electron chi connectivity index (χ0n) is 9.63. The molecule has 0 aliphatic carbocycles. The van der Waals surface area contributed by atoms with Gasteiger partial charge in [0.1, 0.15) is 6.10 Å². The van der Waals surface area contributed by atoms with Crippen LogP contribution in [0.2, 0.25) is 0 Å². The average Bonchev–Trinajstić information content (AvgIpc) is 2.90. The number of carbonyl (C=O) groups is 1. The van der Waals surface area contributed by atoms with Crippen LogP contribution in [0.3, 0.4) is 0 Å². The van der Waals surface area contributed by atoms with E-state index in [1.807, 2.05) is 37.3 Å². The Balaban J connectivity index is 2.27. The number of ketones is 1. The molecule has 1 aromatic heterocycles. The van der Waals surface area contributed by atoms with Crippen LogP contribution in [0.15, 0.2) is 53.1 Å². The number of furan rings is 1. The average molecular weight is 230 g/mol. The fourth-order valence-corrected chi connectivity index (χ4v) is 1.67. The normalized spacial score (nSPS) is 12.3. The molecule has 1 heterocycles. The van der Waals surface area contributed by atoms with Crippen molar-refractivity contribution in [2.45, 2.75) is 13.0 Å². The third-order valence-electron chi connectivity index (χ3n) is 2.44. The van der Waals surface area contributed by atoms with Gasteiger partial charge in [-0.2, -0.15) is 0 Å². The topological polar surface area (TPSA) is 39.4 Å². The van der Waals surface area contributed by atoms with Gasteiger partial charge < -0.3 is 9.15 Å². The fourth-order valence-electron chi connectivity index (χ4n) is 1.67. The van der Waals surface area contributed by atoms with Crippen LogP contribution in [-0.2, 0) is 4.74 Å². The van der Waals surface area contributed by atoms with Crippen molar-refractivity contribution < 1.29 is 13.9 Å². The highest BCUT2D eigenvalue weighted by molar-refractivity contribution is 5.97. The van der Waals surface area contributed by atoms with E-state index in [2.05, 4.69) is 0 Å². The lowest BCUT2D eigenvalue weighted by Crippen LogP contribution is -2.15. The first kappa shape index (κ1) is 11.6. The van der Waals surface area contributed by atoms with E-state index in [1.54, 1.807) is 12.1 Å². The Morgan fingerprint density at radius 3 is 2.59 bits per heavy atom. The van der Waals surface area contributed by atoms with E-state index < -0.39 is 6.10 Å². The molecule has 3 heteroatoms. The smallest absolute Gasteiger partial charge is 0.231 e. The van der Waals surface area contributed by atoms with Crippen molar-refractivity contribution in [3.63, 3.8) is 0 Å². The van der Waals surface area contributed by atoms with Crippen molar-refractivity contribution >= 4 is 5.78 Å². The number of carbonyl (C=O) groups excluding carboxylic acids is 1. The van der Waals surface area contributed by atoms with Gasteiger partial charge >= 0.3 is 0 Å². The largest absolute Gasteiger partial charge is 0.461 e. The first-order chi connectivity index (χ1) is 8.33. The summed E-state index contributed by atoms with van der Waals surface area (Å²) >= 11 is 0. The SMILES string of the molecule is CCOC(C(=O)c1ccco1)c1ccccc1. The molecule has 2 aromatic rings. The Morgan fingerprint density at radius 2 is 2.00 bits per heavy atom. The van der Waals surface area contributed by atoms with Crippen molar-refractivity contribution in [2.75, 3.05) is 6.61 Å². The summed E-state index contributed by atoms with van der Waals surface area (Å²) in [4.78, 5) is 12.2. The van der Waals surface area contributed by atoms with Gasteiger partial charge in [-0.1, -0.05) is 30.3 Å². The fraction of sp³-hybridized carbons (Fsp3) is 0.214. The summed E-state index contributed by atoms with van der Waals surface area (Å²) in [7, 11) is 0. The molecular formula is C14H14O3. The molecule has 2 rings (SSSR count). The third kappa shape index (κ3) is 2.63. The number of rotatable bonds is 5. The molecule has 0 fully saturated rings. The Kier molecular flexibility index (Phi) is 3.73. The summed E-state index contributed by atoms with van der Waals surface area (Å²) in [5.74, 6) is 0.176. The summed E-state index contributed by atoms with van der Waals surface area (Å²) in [5, 5.41) is 0. The van der Waals surface area contributed by atoms with Gasteiger partial charge in [0.15, 0.2) is 5.76 Å². The van der Waals surface area contributed by atoms with E-state index in [-0.39, 0.29) is 5.78 Å². The maximum atomic E-state index is 12.2. The standard InChI is InChI=1S/C14H14O3/c1-2-16-14(11-7-4-3-5-8-11)13(15)12-9-6-10-17-12/h3-10,14H,2H2,1H3. The molecule has 0 spiro atoms. The molecule has 0 aliphatic rings. The minimum atomic E-state index is -0.590. The predicted octanol–water partition coefficient (Wildman–Crippen LogP) is 3.24. The molecule has 0 radical (unpaired) electrons. The molecule has 0 saturated heterocycles. The van der Waals surface area contributed by atoms with Crippen LogP contribution in [0.5, 0.6) is 0 Å². The lowest BCUT2D eigenvalue weighted by Gasteiger charge is -2.14. The number of hydrogen-bond acceptors (Lipinski definition) is 3. The predicted molar refractivity (Wildman–Crippen MR) is 63.8 cm³/mol. The van der Waals surface area contributed by atoms with Crippen molar-refractivity contribution in [1.82, 2.24) is 0 Å². The van der Waals surface area contributed by atoms with Gasteiger partial charge in [0, 0.05) is 6.61 Å². The van der Waals surface area contributed by atoms with E-state index in [9.17, 15) is 4.79 Å². The van der Waals surface area contributed by atoms with E-state index >= 15 is 0 Å². The second-order valence-corrected chi connectivity index (χ2v) is 3.59. The summed E-state index contributed by atoms with van der Waals surface area (Å²) < 4.78 is 10.6. The minimum absolute atomic E-state index is 0.150. The maximum absolute atomic E-state index is 12.2. The van der Waals surface area contributed by atoms with E-state index in [4.69, 9.17) is 9.15 Å². The Labute approximate surface area is 100 Å². The number of Topliss-reactive ketones (excluding diaryl/α,β-unsaturated/α-hetero) is 1. The highest BCUT2D eigenvalue weighted by Crippen LogP contribution is 2.22. The summed E-state index contributed by atoms with van der Waals surface area (Å²) in [5.41, 5.74) is 0.843. The van der Waals surface area contributed by atoms with Crippen LogP contribution >= 0.6 is 0 Å². The van der Waals surface area contributed by atoms with Crippen LogP contribution in [-0.4, -0.2) is 12.4 Å². The molecule has 17 heavy (non-hydrogen) atoms. The second-order valence-electron chi connectivity index (χ2n) is 3.59. The van der Waals surface area contributed by atoms with Crippen LogP contribution < -0.4 is 0 Å². The van der Waals surface area contributed by atoms with Crippen molar-refractivity contribution in [3.05, 3.63) is 60.1 Å². The summed E-state index contributed by atoms with van der Waals surface area (Å²) in [6.45, 7) is 2.34. The summed E-state index contributed by atoms with van der Waals surface area (Å²) in [6, 6.07) is 12.8. The molecule has 1 unspecified atom stereocenters. The minimum Gasteiger partial charge on any atom is -0.461 e. The van der Waals surface area contributed by atoms with Crippen molar-refractivity contribution in [2.24, 2.45) is 0 Å². The molecule has 88 valence electrons. The zero-order chi connectivity index (χ0) is 12.1. The molecule has 0 bridgehead atoms. The van der Waals surface area contributed by atoms with Crippen molar-refractivity contribution in [1.29, 1.82) is 0 Å². The molecule has 1 aromatic carbocycles. The van der Waals surface area contributed by atoms with Gasteiger partial charge in [-0.3, -0.25) is 4.79 Å². The first-order valence-electron chi connectivity index (χ1n) is 5.57. The van der Waals surface area contributed by atoms with Crippen LogP contribution in [0, 0.1) is 0 Å². The zero-order valence-corrected chi connectivity index (χ0v) is 9.63. The lowest BCUT2D eigenvalue weighted by atomic mass is 10.0. The second kappa shape index (κ2) is 5.46. The van der Waals surface area contributed by atoms with Crippen LogP contribution in [0.25, 0.3) is 0 Å². The molecule has 0 aliphatic heterocycles. The van der Waals surface area contributed by atoms with Gasteiger partial charge in [0.05, 0.1) is 6.26 Å². The van der Waals surface area contributed by atoms with Gasteiger partial charge in [-0.15, -0.1) is 0 Å². The highest BCUT2D eigenvalue weighted by Gasteiger charge is 2.24. The molecule has 0 saturated carbocycles. The maximum Gasteiger partial charge on any atom is 0.231 e. The molecule has 1 atom stereocenters. The van der Waals surface area contributed by atoms with E-state index in [1.165, 1.54) is 6.26 Å². The Bertz CT molecular complexity index is 459. The van der Waals surface area contributed by atoms with Crippen molar-refractivity contribution in [3.8, 4) is 0 Å². The number of ether oxygens (including phenoxy) is 1. The highest BCUT2D eigenvalue weighted by atomic mass is 16.5.